The van der Waals surface area contributed by atoms with Gasteiger partial charge >= 0.3 is 0 Å². The van der Waals surface area contributed by atoms with E-state index in [1.807, 2.05) is 0 Å². The van der Waals surface area contributed by atoms with Gasteiger partial charge in [-0.3, -0.25) is 10.1 Å². The van der Waals surface area contributed by atoms with Gasteiger partial charge in [0.2, 0.25) is 0 Å². The number of anilines is 2. The fourth-order valence-corrected chi connectivity index (χ4v) is 2.11. The Bertz CT molecular complexity index is 706. The number of rotatable bonds is 3. The number of nitriles is 1. The molecule has 0 aromatic heterocycles. The van der Waals surface area contributed by atoms with Crippen molar-refractivity contribution in [2.24, 2.45) is 0 Å². The van der Waals surface area contributed by atoms with Gasteiger partial charge in [0.1, 0.15) is 11.6 Å². The molecule has 0 radical (unpaired) electrons. The Hall–Kier alpha value is -2.29. The minimum absolute atomic E-state index is 0.00851. The van der Waals surface area contributed by atoms with Crippen LogP contribution < -0.4 is 5.32 Å². The molecule has 100 valence electrons. The molecule has 0 bridgehead atoms. The number of nitrogens with one attached hydrogen (secondary N) is 1. The molecule has 5 nitrogen and oxygen atoms in total. The number of nitro benzene ring substituents is 1. The number of para-hydroxylation sites is 1. The molecular weight excluding hydrogens is 301 g/mol. The zero-order valence-electron chi connectivity index (χ0n) is 9.93. The summed E-state index contributed by atoms with van der Waals surface area (Å²) in [5.74, 6) is 0. The Labute approximate surface area is 124 Å². The van der Waals surface area contributed by atoms with Gasteiger partial charge in [0, 0.05) is 11.8 Å². The SMILES string of the molecule is N#Cc1ccc(Nc2c(Cl)cccc2Cl)cc1[N+](=O)[O-]. The van der Waals surface area contributed by atoms with Gasteiger partial charge in [-0.15, -0.1) is 0 Å². The first-order valence-corrected chi connectivity index (χ1v) is 6.18. The molecule has 1 N–H and O–H groups in total. The first-order valence-electron chi connectivity index (χ1n) is 5.42. The monoisotopic (exact) mass is 307 g/mol. The molecule has 2 aromatic carbocycles. The predicted octanol–water partition coefficient (Wildman–Crippen LogP) is 4.52. The molecule has 0 aliphatic heterocycles. The zero-order chi connectivity index (χ0) is 14.7. The van der Waals surface area contributed by atoms with Crippen LogP contribution in [0.1, 0.15) is 5.56 Å². The summed E-state index contributed by atoms with van der Waals surface area (Å²) >= 11 is 12.0. The Morgan fingerprint density at radius 3 is 2.40 bits per heavy atom. The molecule has 20 heavy (non-hydrogen) atoms. The number of nitro groups is 1. The fraction of sp³-hybridized carbons (Fsp3) is 0. The number of hydrogen-bond donors (Lipinski definition) is 1. The molecule has 0 unspecified atom stereocenters. The third-order valence-corrected chi connectivity index (χ3v) is 3.18. The Kier molecular flexibility index (Phi) is 4.08. The van der Waals surface area contributed by atoms with Crippen molar-refractivity contribution in [3.8, 4) is 6.07 Å². The van der Waals surface area contributed by atoms with Crippen LogP contribution in [-0.4, -0.2) is 4.92 Å². The van der Waals surface area contributed by atoms with Crippen molar-refractivity contribution in [2.45, 2.75) is 0 Å². The van der Waals surface area contributed by atoms with Crippen molar-refractivity contribution in [1.29, 1.82) is 5.26 Å². The van der Waals surface area contributed by atoms with E-state index in [0.717, 1.165) is 0 Å². The summed E-state index contributed by atoms with van der Waals surface area (Å²) in [5.41, 5.74) is 0.590. The van der Waals surface area contributed by atoms with Crippen LogP contribution in [-0.2, 0) is 0 Å². The minimum Gasteiger partial charge on any atom is -0.353 e. The molecule has 2 aromatic rings. The van der Waals surface area contributed by atoms with Gasteiger partial charge in [0.15, 0.2) is 0 Å². The number of halogens is 2. The van der Waals surface area contributed by atoms with Crippen LogP contribution in [0.4, 0.5) is 17.1 Å². The molecule has 0 amide bonds. The molecule has 0 aliphatic rings. The van der Waals surface area contributed by atoms with E-state index >= 15 is 0 Å². The van der Waals surface area contributed by atoms with Gasteiger partial charge < -0.3 is 5.32 Å². The molecular formula is C13H7Cl2N3O2. The molecule has 0 aliphatic carbocycles. The highest BCUT2D eigenvalue weighted by Gasteiger charge is 2.15. The van der Waals surface area contributed by atoms with E-state index < -0.39 is 4.92 Å². The van der Waals surface area contributed by atoms with E-state index in [4.69, 9.17) is 28.5 Å². The third kappa shape index (κ3) is 2.82. The maximum absolute atomic E-state index is 10.9. The molecule has 0 saturated heterocycles. The van der Waals surface area contributed by atoms with Gasteiger partial charge in [0.25, 0.3) is 5.69 Å². The van der Waals surface area contributed by atoms with Crippen molar-refractivity contribution >= 4 is 40.3 Å². The topological polar surface area (TPSA) is 79.0 Å². The largest absolute Gasteiger partial charge is 0.353 e. The highest BCUT2D eigenvalue weighted by molar-refractivity contribution is 6.39. The summed E-state index contributed by atoms with van der Waals surface area (Å²) < 4.78 is 0. The summed E-state index contributed by atoms with van der Waals surface area (Å²) in [4.78, 5) is 10.3. The second kappa shape index (κ2) is 5.78. The van der Waals surface area contributed by atoms with Crippen molar-refractivity contribution in [1.82, 2.24) is 0 Å². The summed E-state index contributed by atoms with van der Waals surface area (Å²) in [7, 11) is 0. The number of nitrogens with zero attached hydrogens (tertiary/aromatic N) is 2. The first kappa shape index (κ1) is 14.1. The number of hydrogen-bond acceptors (Lipinski definition) is 4. The smallest absolute Gasteiger partial charge is 0.289 e. The second-order valence-electron chi connectivity index (χ2n) is 3.82. The maximum atomic E-state index is 10.9. The van der Waals surface area contributed by atoms with Gasteiger partial charge in [-0.1, -0.05) is 29.3 Å². The van der Waals surface area contributed by atoms with Crippen LogP contribution >= 0.6 is 23.2 Å². The second-order valence-corrected chi connectivity index (χ2v) is 4.64. The van der Waals surface area contributed by atoms with Crippen molar-refractivity contribution in [3.63, 3.8) is 0 Å². The van der Waals surface area contributed by atoms with E-state index in [2.05, 4.69) is 5.32 Å². The van der Waals surface area contributed by atoms with E-state index in [1.165, 1.54) is 12.1 Å². The predicted molar refractivity (Wildman–Crippen MR) is 77.6 cm³/mol. The Morgan fingerprint density at radius 1 is 1.20 bits per heavy atom. The van der Waals surface area contributed by atoms with Gasteiger partial charge in [-0.05, 0) is 24.3 Å². The third-order valence-electron chi connectivity index (χ3n) is 2.55. The molecule has 0 spiro atoms. The zero-order valence-corrected chi connectivity index (χ0v) is 11.4. The van der Waals surface area contributed by atoms with E-state index in [9.17, 15) is 10.1 Å². The van der Waals surface area contributed by atoms with Crippen LogP contribution in [0.15, 0.2) is 36.4 Å². The Morgan fingerprint density at radius 2 is 1.85 bits per heavy atom. The van der Waals surface area contributed by atoms with E-state index in [1.54, 1.807) is 30.3 Å². The molecule has 0 atom stereocenters. The quantitative estimate of drug-likeness (QED) is 0.668. The van der Waals surface area contributed by atoms with E-state index in [-0.39, 0.29) is 11.3 Å². The van der Waals surface area contributed by atoms with Gasteiger partial charge in [-0.2, -0.15) is 5.26 Å². The highest BCUT2D eigenvalue weighted by Crippen LogP contribution is 2.33. The molecule has 0 heterocycles. The fourth-order valence-electron chi connectivity index (χ4n) is 1.62. The lowest BCUT2D eigenvalue weighted by Gasteiger charge is -2.10. The average molecular weight is 308 g/mol. The summed E-state index contributed by atoms with van der Waals surface area (Å²) in [5, 5.41) is 23.4. The van der Waals surface area contributed by atoms with Crippen molar-refractivity contribution in [2.75, 3.05) is 5.32 Å². The molecule has 7 heteroatoms. The van der Waals surface area contributed by atoms with Crippen LogP contribution in [0.2, 0.25) is 10.0 Å². The summed E-state index contributed by atoms with van der Waals surface area (Å²) in [6, 6.07) is 10.9. The molecule has 0 saturated carbocycles. The van der Waals surface area contributed by atoms with Gasteiger partial charge in [-0.25, -0.2) is 0 Å². The highest BCUT2D eigenvalue weighted by atomic mass is 35.5. The lowest BCUT2D eigenvalue weighted by atomic mass is 10.1. The van der Waals surface area contributed by atoms with Crippen LogP contribution in [0.3, 0.4) is 0 Å². The lowest BCUT2D eigenvalue weighted by Crippen LogP contribution is -1.96. The minimum atomic E-state index is -0.613. The summed E-state index contributed by atoms with van der Waals surface area (Å²) in [6.45, 7) is 0. The Balaban J connectivity index is 2.43. The van der Waals surface area contributed by atoms with Crippen molar-refractivity contribution < 1.29 is 4.92 Å². The lowest BCUT2D eigenvalue weighted by molar-refractivity contribution is -0.385. The average Bonchev–Trinajstić information content (AvgIpc) is 2.43. The first-order chi connectivity index (χ1) is 9.52. The van der Waals surface area contributed by atoms with Crippen molar-refractivity contribution in [3.05, 3.63) is 62.1 Å². The molecule has 0 fully saturated rings. The number of benzene rings is 2. The van der Waals surface area contributed by atoms with E-state index in [0.29, 0.717) is 21.4 Å². The summed E-state index contributed by atoms with van der Waals surface area (Å²) in [6.07, 6.45) is 0. The standard InChI is InChI=1S/C13H7Cl2N3O2/c14-10-2-1-3-11(15)13(10)17-9-5-4-8(7-16)12(6-9)18(19)20/h1-6,17H. The molecule has 2 rings (SSSR count). The van der Waals surface area contributed by atoms with Crippen LogP contribution in [0, 0.1) is 21.4 Å². The normalized spacial score (nSPS) is 9.85. The van der Waals surface area contributed by atoms with Gasteiger partial charge in [0.05, 0.1) is 20.7 Å². The maximum Gasteiger partial charge on any atom is 0.289 e. The van der Waals surface area contributed by atoms with Crippen LogP contribution in [0.5, 0.6) is 0 Å². The van der Waals surface area contributed by atoms with Crippen LogP contribution in [0.25, 0.3) is 0 Å².